The number of hydrogen-bond donors (Lipinski definition) is 0. The van der Waals surface area contributed by atoms with E-state index in [9.17, 15) is 0 Å². The fraction of sp³-hybridized carbons (Fsp3) is 0.0526. The van der Waals surface area contributed by atoms with Gasteiger partial charge in [-0.25, -0.2) is 4.98 Å². The molecular formula is C19H12N4O. The molecule has 0 unspecified atom stereocenters. The van der Waals surface area contributed by atoms with Gasteiger partial charge in [-0.05, 0) is 30.3 Å². The lowest BCUT2D eigenvalue weighted by molar-refractivity contribution is 0.668. The first-order valence-electron chi connectivity index (χ1n) is 7.84. The van der Waals surface area contributed by atoms with E-state index in [-0.39, 0.29) is 0 Å². The maximum Gasteiger partial charge on any atom is 0.215 e. The van der Waals surface area contributed by atoms with E-state index in [0.29, 0.717) is 0 Å². The molecule has 0 spiro atoms. The number of benzene rings is 2. The molecule has 4 aromatic heterocycles. The first-order chi connectivity index (χ1) is 11.8. The van der Waals surface area contributed by atoms with Crippen molar-refractivity contribution in [3.63, 3.8) is 0 Å². The van der Waals surface area contributed by atoms with Crippen LogP contribution in [-0.4, -0.2) is 18.9 Å². The Morgan fingerprint density at radius 3 is 2.79 bits per heavy atom. The summed E-state index contributed by atoms with van der Waals surface area (Å²) in [5.41, 5.74) is 6.88. The number of para-hydroxylation sites is 2. The van der Waals surface area contributed by atoms with Gasteiger partial charge < -0.3 is 8.98 Å². The minimum Gasteiger partial charge on any atom is -0.454 e. The van der Waals surface area contributed by atoms with Crippen LogP contribution >= 0.6 is 0 Å². The summed E-state index contributed by atoms with van der Waals surface area (Å²) in [4.78, 5) is 9.26. The van der Waals surface area contributed by atoms with Crippen molar-refractivity contribution in [1.82, 2.24) is 18.9 Å². The largest absolute Gasteiger partial charge is 0.454 e. The number of imidazole rings is 2. The van der Waals surface area contributed by atoms with Crippen molar-refractivity contribution < 1.29 is 4.42 Å². The molecule has 5 heteroatoms. The lowest BCUT2D eigenvalue weighted by Gasteiger charge is -1.96. The topological polar surface area (TPSA) is 48.3 Å². The predicted molar refractivity (Wildman–Crippen MR) is 94.2 cm³/mol. The summed E-state index contributed by atoms with van der Waals surface area (Å²) >= 11 is 0. The first-order valence-corrected chi connectivity index (χ1v) is 7.84. The Morgan fingerprint density at radius 2 is 1.83 bits per heavy atom. The Labute approximate surface area is 135 Å². The van der Waals surface area contributed by atoms with E-state index < -0.39 is 0 Å². The molecule has 0 saturated heterocycles. The molecule has 2 aromatic carbocycles. The Hall–Kier alpha value is -3.34. The Balaban J connectivity index is 1.91. The van der Waals surface area contributed by atoms with Crippen molar-refractivity contribution in [2.24, 2.45) is 7.05 Å². The number of hydrogen-bond acceptors (Lipinski definition) is 3. The van der Waals surface area contributed by atoms with Crippen molar-refractivity contribution in [2.45, 2.75) is 0 Å². The van der Waals surface area contributed by atoms with Crippen LogP contribution in [0.5, 0.6) is 0 Å². The normalized spacial score (nSPS) is 12.4. The molecule has 4 heterocycles. The van der Waals surface area contributed by atoms with Gasteiger partial charge in [0.1, 0.15) is 11.1 Å². The van der Waals surface area contributed by atoms with E-state index in [1.165, 1.54) is 0 Å². The number of rotatable bonds is 0. The highest BCUT2D eigenvalue weighted by Gasteiger charge is 2.17. The van der Waals surface area contributed by atoms with Gasteiger partial charge in [0.2, 0.25) is 5.78 Å². The molecule has 5 nitrogen and oxygen atoms in total. The number of fused-ring (bicyclic) bond motifs is 8. The molecule has 6 rings (SSSR count). The molecule has 6 aromatic rings. The van der Waals surface area contributed by atoms with Crippen LogP contribution in [0.4, 0.5) is 0 Å². The molecule has 0 aliphatic heterocycles. The number of aryl methyl sites for hydroxylation is 1. The zero-order chi connectivity index (χ0) is 15.8. The van der Waals surface area contributed by atoms with E-state index >= 15 is 0 Å². The van der Waals surface area contributed by atoms with Crippen LogP contribution in [0.3, 0.4) is 0 Å². The predicted octanol–water partition coefficient (Wildman–Crippen LogP) is 4.27. The summed E-state index contributed by atoms with van der Waals surface area (Å²) in [7, 11) is 2.04. The zero-order valence-corrected chi connectivity index (χ0v) is 12.9. The molecule has 0 saturated carbocycles. The van der Waals surface area contributed by atoms with Crippen molar-refractivity contribution in [2.75, 3.05) is 0 Å². The lowest BCUT2D eigenvalue weighted by atomic mass is 10.2. The van der Waals surface area contributed by atoms with Crippen LogP contribution in [0.2, 0.25) is 0 Å². The lowest BCUT2D eigenvalue weighted by Crippen LogP contribution is -1.87. The van der Waals surface area contributed by atoms with Crippen LogP contribution in [0.15, 0.2) is 59.1 Å². The summed E-state index contributed by atoms with van der Waals surface area (Å²) in [5, 5.41) is 1.03. The summed E-state index contributed by atoms with van der Waals surface area (Å²) in [6, 6.07) is 16.3. The van der Waals surface area contributed by atoms with Crippen LogP contribution in [0.1, 0.15) is 0 Å². The van der Waals surface area contributed by atoms with Gasteiger partial charge in [-0.3, -0.25) is 9.38 Å². The average Bonchev–Trinajstić information content (AvgIpc) is 3.24. The Bertz CT molecular complexity index is 1420. The van der Waals surface area contributed by atoms with Crippen LogP contribution in [-0.2, 0) is 7.05 Å². The molecule has 0 N–H and O–H groups in total. The van der Waals surface area contributed by atoms with E-state index in [2.05, 4.69) is 32.2 Å². The van der Waals surface area contributed by atoms with Crippen molar-refractivity contribution >= 4 is 49.9 Å². The molecule has 0 fully saturated rings. The van der Waals surface area contributed by atoms with Crippen molar-refractivity contribution in [3.8, 4) is 0 Å². The fourth-order valence-electron chi connectivity index (χ4n) is 3.65. The first kappa shape index (κ1) is 12.1. The summed E-state index contributed by atoms with van der Waals surface area (Å²) in [5.74, 6) is 0.927. The Kier molecular flexibility index (Phi) is 1.99. The molecule has 0 atom stereocenters. The van der Waals surface area contributed by atoms with Gasteiger partial charge in [-0.1, -0.05) is 12.1 Å². The maximum absolute atomic E-state index is 5.97. The number of aromatic nitrogens is 4. The number of nitrogens with zero attached hydrogens (tertiary/aromatic N) is 4. The zero-order valence-electron chi connectivity index (χ0n) is 12.9. The minimum absolute atomic E-state index is 0.814. The number of pyridine rings is 1. The fourth-order valence-corrected chi connectivity index (χ4v) is 3.65. The second-order valence-corrected chi connectivity index (χ2v) is 6.08. The van der Waals surface area contributed by atoms with Gasteiger partial charge in [0.25, 0.3) is 0 Å². The smallest absolute Gasteiger partial charge is 0.215 e. The third kappa shape index (κ3) is 1.31. The van der Waals surface area contributed by atoms with Gasteiger partial charge in [-0.2, -0.15) is 0 Å². The molecule has 0 aliphatic rings. The van der Waals surface area contributed by atoms with Gasteiger partial charge in [0, 0.05) is 24.7 Å². The highest BCUT2D eigenvalue weighted by molar-refractivity contribution is 6.08. The molecule has 24 heavy (non-hydrogen) atoms. The second kappa shape index (κ2) is 3.94. The second-order valence-electron chi connectivity index (χ2n) is 6.08. The van der Waals surface area contributed by atoms with Gasteiger partial charge >= 0.3 is 0 Å². The van der Waals surface area contributed by atoms with E-state index in [1.807, 2.05) is 37.4 Å². The molecule has 0 amide bonds. The third-order valence-corrected chi connectivity index (χ3v) is 4.77. The van der Waals surface area contributed by atoms with E-state index in [4.69, 9.17) is 9.40 Å². The Morgan fingerprint density at radius 1 is 0.917 bits per heavy atom. The molecular weight excluding hydrogens is 300 g/mol. The summed E-state index contributed by atoms with van der Waals surface area (Å²) in [6.07, 6.45) is 1.80. The molecule has 0 radical (unpaired) electrons. The highest BCUT2D eigenvalue weighted by atomic mass is 16.3. The van der Waals surface area contributed by atoms with Crippen molar-refractivity contribution in [3.05, 3.63) is 54.7 Å². The average molecular weight is 312 g/mol. The summed E-state index contributed by atoms with van der Waals surface area (Å²) in [6.45, 7) is 0. The monoisotopic (exact) mass is 312 g/mol. The maximum atomic E-state index is 5.97. The van der Waals surface area contributed by atoms with E-state index in [1.54, 1.807) is 6.20 Å². The van der Waals surface area contributed by atoms with E-state index in [0.717, 1.165) is 49.9 Å². The molecule has 0 bridgehead atoms. The van der Waals surface area contributed by atoms with Crippen molar-refractivity contribution in [1.29, 1.82) is 0 Å². The number of furan rings is 1. The standard InChI is InChI=1S/C19H12N4O/c1-22-14-10-17-11(18-16(24-17)7-4-8-20-18)9-15(14)23-13-6-3-2-5-12(13)21-19(22)23/h2-10H,1H3. The summed E-state index contributed by atoms with van der Waals surface area (Å²) < 4.78 is 10.3. The van der Waals surface area contributed by atoms with Gasteiger partial charge in [-0.15, -0.1) is 0 Å². The minimum atomic E-state index is 0.814. The van der Waals surface area contributed by atoms with Gasteiger partial charge in [0.05, 0.1) is 22.1 Å². The quantitative estimate of drug-likeness (QED) is 0.421. The molecule has 114 valence electrons. The van der Waals surface area contributed by atoms with Crippen LogP contribution in [0.25, 0.3) is 49.9 Å². The third-order valence-electron chi connectivity index (χ3n) is 4.77. The molecule has 0 aliphatic carbocycles. The van der Waals surface area contributed by atoms with Crippen LogP contribution in [0, 0.1) is 0 Å². The van der Waals surface area contributed by atoms with Crippen LogP contribution < -0.4 is 0 Å². The van der Waals surface area contributed by atoms with Gasteiger partial charge in [0.15, 0.2) is 5.58 Å². The SMILES string of the molecule is Cn1c2cc3oc4cccnc4c3cc2n2c3ccccc3nc12. The highest BCUT2D eigenvalue weighted by Crippen LogP contribution is 2.33.